The maximum absolute atomic E-state index is 15.4. The molecule has 4 aromatic rings. The molecule has 6 rings (SSSR count). The zero-order chi connectivity index (χ0) is 51.2. The summed E-state index contributed by atoms with van der Waals surface area (Å²) in [5, 5.41) is 0. The van der Waals surface area contributed by atoms with Crippen LogP contribution in [0.3, 0.4) is 0 Å². The number of unbranched alkanes of at least 4 members (excludes halogenated alkanes) is 20. The highest BCUT2D eigenvalue weighted by Crippen LogP contribution is 2.50. The molecule has 0 fully saturated rings. The maximum atomic E-state index is 15.4. The van der Waals surface area contributed by atoms with Gasteiger partial charge in [0.1, 0.15) is 0 Å². The number of aryl methyl sites for hydroxylation is 4. The second kappa shape index (κ2) is 30.8. The Morgan fingerprint density at radius 2 is 0.750 bits per heavy atom. The Morgan fingerprint density at radius 3 is 1.08 bits per heavy atom. The van der Waals surface area contributed by atoms with Crippen molar-refractivity contribution >= 4 is 57.0 Å². The molecule has 2 aromatic heterocycles. The minimum atomic E-state index is -0.00939. The van der Waals surface area contributed by atoms with Gasteiger partial charge in [-0.25, -0.2) is 0 Å². The largest absolute Gasteiger partial charge is 0.307 e. The Morgan fingerprint density at radius 1 is 0.417 bits per heavy atom. The smallest absolute Gasteiger partial charge is 0.259 e. The second-order valence-electron chi connectivity index (χ2n) is 22.1. The van der Waals surface area contributed by atoms with E-state index >= 15 is 9.59 Å². The van der Waals surface area contributed by atoms with Crippen LogP contribution in [0.15, 0.2) is 48.5 Å². The van der Waals surface area contributed by atoms with Crippen LogP contribution in [-0.4, -0.2) is 24.9 Å². The molecule has 396 valence electrons. The summed E-state index contributed by atoms with van der Waals surface area (Å²) in [7, 11) is 0. The predicted molar refractivity (Wildman–Crippen MR) is 318 cm³/mol. The third kappa shape index (κ3) is 15.8. The molecule has 6 heteroatoms. The summed E-state index contributed by atoms with van der Waals surface area (Å²) in [6, 6.07) is 18.2. The number of anilines is 2. The zero-order valence-corrected chi connectivity index (χ0v) is 48.6. The molecule has 2 unspecified atom stereocenters. The molecular weight excluding hydrogens is 917 g/mol. The number of fused-ring (bicyclic) bond motifs is 2. The first-order valence-electron chi connectivity index (χ1n) is 30.0. The number of hydrogen-bond donors (Lipinski definition) is 0. The second-order valence-corrected chi connectivity index (χ2v) is 24.6. The minimum Gasteiger partial charge on any atom is -0.307 e. The van der Waals surface area contributed by atoms with Gasteiger partial charge in [-0.15, -0.1) is 22.7 Å². The molecule has 0 radical (unpaired) electrons. The lowest BCUT2D eigenvalue weighted by atomic mass is 9.94. The van der Waals surface area contributed by atoms with E-state index in [1.54, 1.807) is 0 Å². The molecule has 4 nitrogen and oxygen atoms in total. The first-order chi connectivity index (χ1) is 35.2. The molecule has 0 spiro atoms. The Balaban J connectivity index is 1.28. The summed E-state index contributed by atoms with van der Waals surface area (Å²) in [5.74, 6) is 0.769. The SMILES string of the molecule is CCCCCCCCCCCCc1cc(-c2ccc3c(c2)N(CC(CC)CCCC)C(=O)/C3=C2/C(=O)N(CC(CC)CCCC)c3cc(-c4cc(CCCCCCCCCCCC)c(C)s4)ccc32)sc1C. The molecule has 0 aliphatic carbocycles. The molecule has 2 aromatic carbocycles. The third-order valence-electron chi connectivity index (χ3n) is 16.5. The van der Waals surface area contributed by atoms with Crippen LogP contribution in [0.25, 0.3) is 32.0 Å². The average molecular weight is 1020 g/mol. The van der Waals surface area contributed by atoms with Crippen LogP contribution < -0.4 is 9.80 Å². The van der Waals surface area contributed by atoms with E-state index in [0.717, 1.165) is 86.7 Å². The molecule has 2 aliphatic rings. The molecule has 2 amide bonds. The Bertz CT molecular complexity index is 2150. The van der Waals surface area contributed by atoms with Gasteiger partial charge in [0.05, 0.1) is 22.5 Å². The molecule has 0 saturated heterocycles. The third-order valence-corrected chi connectivity index (χ3v) is 18.7. The van der Waals surface area contributed by atoms with Crippen molar-refractivity contribution in [2.45, 2.75) is 248 Å². The highest BCUT2D eigenvalue weighted by molar-refractivity contribution is 7.16. The minimum absolute atomic E-state index is 0.00939. The summed E-state index contributed by atoms with van der Waals surface area (Å²) >= 11 is 3.78. The van der Waals surface area contributed by atoms with Crippen molar-refractivity contribution in [1.82, 2.24) is 0 Å². The van der Waals surface area contributed by atoms with Gasteiger partial charge in [-0.05, 0) is 111 Å². The maximum Gasteiger partial charge on any atom is 0.259 e. The highest BCUT2D eigenvalue weighted by atomic mass is 32.1. The van der Waals surface area contributed by atoms with Gasteiger partial charge in [0.25, 0.3) is 11.8 Å². The Hall–Kier alpha value is -3.48. The van der Waals surface area contributed by atoms with E-state index < -0.39 is 0 Å². The van der Waals surface area contributed by atoms with E-state index in [9.17, 15) is 0 Å². The number of nitrogens with zero attached hydrogens (tertiary/aromatic N) is 2. The van der Waals surface area contributed by atoms with Crippen molar-refractivity contribution in [1.29, 1.82) is 0 Å². The highest BCUT2D eigenvalue weighted by Gasteiger charge is 2.43. The predicted octanol–water partition coefficient (Wildman–Crippen LogP) is 20.7. The number of benzene rings is 2. The molecule has 2 aliphatic heterocycles. The van der Waals surface area contributed by atoms with E-state index in [-0.39, 0.29) is 11.8 Å². The molecule has 72 heavy (non-hydrogen) atoms. The van der Waals surface area contributed by atoms with Gasteiger partial charge in [0.15, 0.2) is 0 Å². The van der Waals surface area contributed by atoms with Crippen LogP contribution >= 0.6 is 22.7 Å². The number of amides is 2. The summed E-state index contributed by atoms with van der Waals surface area (Å²) < 4.78 is 0. The van der Waals surface area contributed by atoms with Crippen LogP contribution in [0.4, 0.5) is 11.4 Å². The summed E-state index contributed by atoms with van der Waals surface area (Å²) in [6.07, 6.45) is 38.1. The number of rotatable bonds is 36. The van der Waals surface area contributed by atoms with Gasteiger partial charge < -0.3 is 9.80 Å². The molecule has 2 atom stereocenters. The quantitative estimate of drug-likeness (QED) is 0.0336. The summed E-state index contributed by atoms with van der Waals surface area (Å²) in [5.41, 5.74) is 10.2. The van der Waals surface area contributed by atoms with Gasteiger partial charge in [-0.3, -0.25) is 9.59 Å². The molecule has 4 heterocycles. The normalized spacial score (nSPS) is 15.3. The van der Waals surface area contributed by atoms with Crippen LogP contribution in [-0.2, 0) is 22.4 Å². The number of carbonyl (C=O) groups is 2. The van der Waals surface area contributed by atoms with Gasteiger partial charge in [0, 0.05) is 43.7 Å². The first kappa shape index (κ1) is 57.8. The molecule has 0 saturated carbocycles. The van der Waals surface area contributed by atoms with E-state index in [1.807, 2.05) is 22.7 Å². The lowest BCUT2D eigenvalue weighted by Gasteiger charge is -2.24. The van der Waals surface area contributed by atoms with Gasteiger partial charge in [-0.2, -0.15) is 0 Å². The summed E-state index contributed by atoms with van der Waals surface area (Å²) in [4.78, 5) is 40.2. The number of thiophene rings is 2. The Kier molecular flexibility index (Phi) is 24.7. The molecule has 0 N–H and O–H groups in total. The zero-order valence-electron chi connectivity index (χ0n) is 46.9. The van der Waals surface area contributed by atoms with Crippen molar-refractivity contribution in [3.63, 3.8) is 0 Å². The van der Waals surface area contributed by atoms with Crippen LogP contribution in [0.1, 0.15) is 253 Å². The number of carbonyl (C=O) groups excluding carboxylic acids is 2. The van der Waals surface area contributed by atoms with Crippen LogP contribution in [0.5, 0.6) is 0 Å². The van der Waals surface area contributed by atoms with E-state index in [0.29, 0.717) is 36.1 Å². The average Bonchev–Trinajstić information content (AvgIpc) is 4.11. The lowest BCUT2D eigenvalue weighted by Crippen LogP contribution is -2.34. The fraction of sp³-hybridized carbons (Fsp3) is 0.636. The van der Waals surface area contributed by atoms with Crippen LogP contribution in [0, 0.1) is 25.7 Å². The fourth-order valence-corrected chi connectivity index (χ4v) is 13.7. The van der Waals surface area contributed by atoms with Crippen LogP contribution in [0.2, 0.25) is 0 Å². The van der Waals surface area contributed by atoms with Crippen molar-refractivity contribution < 1.29 is 9.59 Å². The van der Waals surface area contributed by atoms with E-state index in [4.69, 9.17) is 0 Å². The molecule has 0 bridgehead atoms. The van der Waals surface area contributed by atoms with E-state index in [1.165, 1.54) is 170 Å². The van der Waals surface area contributed by atoms with Gasteiger partial charge in [0.2, 0.25) is 0 Å². The lowest BCUT2D eigenvalue weighted by molar-refractivity contribution is -0.114. The Labute approximate surface area is 448 Å². The topological polar surface area (TPSA) is 40.6 Å². The molecular formula is C66H98N2O2S2. The fourth-order valence-electron chi connectivity index (χ4n) is 11.6. The summed E-state index contributed by atoms with van der Waals surface area (Å²) in [6.45, 7) is 19.6. The van der Waals surface area contributed by atoms with Crippen molar-refractivity contribution in [3.8, 4) is 20.9 Å². The van der Waals surface area contributed by atoms with Crippen molar-refractivity contribution in [2.24, 2.45) is 11.8 Å². The standard InChI is InChI=1S/C66H98N2O2S2/c1-9-15-19-21-23-25-27-29-31-33-37-53-45-61(71-49(53)7)55-39-41-57-59(43-55)67(47-51(13-5)35-17-11-3)65(69)63(57)64-58-42-40-56(44-60(58)68(66(64)70)48-52(14-6)36-18-12-4)62-46-54(50(8)72-62)38-34-32-30-28-26-24-22-20-16-10-2/h39-46,51-52H,9-38,47-48H2,1-8H3/b64-63+. The van der Waals surface area contributed by atoms with E-state index in [2.05, 4.69) is 114 Å². The van der Waals surface area contributed by atoms with Crippen molar-refractivity contribution in [3.05, 3.63) is 80.5 Å². The first-order valence-corrected chi connectivity index (χ1v) is 31.7. The van der Waals surface area contributed by atoms with Gasteiger partial charge in [-0.1, -0.05) is 220 Å². The monoisotopic (exact) mass is 1010 g/mol. The number of hydrogen-bond acceptors (Lipinski definition) is 4. The van der Waals surface area contributed by atoms with Gasteiger partial charge >= 0.3 is 0 Å². The van der Waals surface area contributed by atoms with Crippen molar-refractivity contribution in [2.75, 3.05) is 22.9 Å².